The fourth-order valence-electron chi connectivity index (χ4n) is 2.86. The van der Waals surface area contributed by atoms with Crippen LogP contribution in [-0.4, -0.2) is 61.4 Å². The van der Waals surface area contributed by atoms with E-state index in [1.165, 1.54) is 18.6 Å². The first kappa shape index (κ1) is 16.8. The summed E-state index contributed by atoms with van der Waals surface area (Å²) in [5.74, 6) is -0.850. The Kier molecular flexibility index (Phi) is 4.05. The Labute approximate surface area is 135 Å². The van der Waals surface area contributed by atoms with Crippen LogP contribution < -0.4 is 11.2 Å². The second kappa shape index (κ2) is 5.79. The molecule has 2 aromatic rings. The van der Waals surface area contributed by atoms with Crippen LogP contribution in [0.3, 0.4) is 0 Å². The van der Waals surface area contributed by atoms with E-state index in [9.17, 15) is 19.7 Å². The van der Waals surface area contributed by atoms with Crippen molar-refractivity contribution in [2.24, 2.45) is 0 Å². The Morgan fingerprint density at radius 2 is 2.25 bits per heavy atom. The van der Waals surface area contributed by atoms with Crippen LogP contribution in [0.4, 0.5) is 16.2 Å². The van der Waals surface area contributed by atoms with Crippen molar-refractivity contribution < 1.29 is 29.3 Å². The van der Waals surface area contributed by atoms with E-state index in [1.54, 1.807) is 0 Å². The Balaban J connectivity index is 2.17. The van der Waals surface area contributed by atoms with Gasteiger partial charge in [-0.1, -0.05) is 0 Å². The molecule has 0 saturated carbocycles. The zero-order valence-electron chi connectivity index (χ0n) is 13.0. The molecule has 24 heavy (non-hydrogen) atoms. The Bertz CT molecular complexity index is 767. The van der Waals surface area contributed by atoms with Crippen molar-refractivity contribution in [2.45, 2.75) is 31.0 Å². The molecule has 11 heteroatoms. The number of anilines is 2. The molecule has 0 unspecified atom stereocenters. The lowest BCUT2D eigenvalue weighted by atomic mass is 9.96. The van der Waals surface area contributed by atoms with Crippen molar-refractivity contribution in [1.82, 2.24) is 14.5 Å². The van der Waals surface area contributed by atoms with Crippen LogP contribution in [0.15, 0.2) is 6.20 Å². The summed E-state index contributed by atoms with van der Waals surface area (Å²) in [5, 5.41) is 29.9. The summed E-state index contributed by atoms with van der Waals surface area (Å²) in [7, 11) is 1.33. The van der Waals surface area contributed by atoms with Crippen molar-refractivity contribution in [2.75, 3.05) is 24.9 Å². The summed E-state index contributed by atoms with van der Waals surface area (Å²) in [6.45, 7) is 0.809. The number of aliphatic hydroxyl groups excluding tert-OH is 2. The van der Waals surface area contributed by atoms with E-state index in [1.807, 2.05) is 0 Å². The van der Waals surface area contributed by atoms with Gasteiger partial charge in [-0.3, -0.25) is 9.40 Å². The standard InChI is InChI=1S/C13H18FN5O5/c1-13(22)8(21)6(4-20)24-11(13)19-3-5(14)7-9(18-23-2)16-12(15)17-10(7)19/h3,6,8,11,20-22H,4H2,1-2H3,(H3,15,16,17,18)/t6-,8-,11-,13-/m1/s1. The minimum absolute atomic E-state index is 0.00754. The van der Waals surface area contributed by atoms with Gasteiger partial charge in [-0.05, 0) is 6.92 Å². The summed E-state index contributed by atoms with van der Waals surface area (Å²) >= 11 is 0. The SMILES string of the molecule is CONc1nc(N)nc2c1c(F)cn2[C@@H]1O[C@H](CO)[C@@H](O)[C@@]1(C)O. The normalized spacial score (nSPS) is 30.2. The lowest BCUT2D eigenvalue weighted by Crippen LogP contribution is -2.44. The molecule has 0 bridgehead atoms. The molecule has 1 aliphatic rings. The van der Waals surface area contributed by atoms with Gasteiger partial charge in [0.05, 0.1) is 19.1 Å². The van der Waals surface area contributed by atoms with Gasteiger partial charge in [0.2, 0.25) is 5.95 Å². The second-order valence-electron chi connectivity index (χ2n) is 5.70. The molecule has 1 saturated heterocycles. The number of fused-ring (bicyclic) bond motifs is 1. The number of aliphatic hydroxyl groups is 3. The molecule has 1 aliphatic heterocycles. The maximum Gasteiger partial charge on any atom is 0.224 e. The highest BCUT2D eigenvalue weighted by Crippen LogP contribution is 2.41. The molecular weight excluding hydrogens is 325 g/mol. The minimum Gasteiger partial charge on any atom is -0.394 e. The van der Waals surface area contributed by atoms with Gasteiger partial charge in [0.25, 0.3) is 0 Å². The maximum absolute atomic E-state index is 14.4. The first-order valence-corrected chi connectivity index (χ1v) is 7.10. The van der Waals surface area contributed by atoms with Crippen LogP contribution >= 0.6 is 0 Å². The molecule has 0 spiro atoms. The zero-order valence-corrected chi connectivity index (χ0v) is 13.0. The number of nitrogens with two attached hydrogens (primary N) is 1. The number of rotatable bonds is 4. The quantitative estimate of drug-likeness (QED) is 0.447. The molecule has 0 amide bonds. The van der Waals surface area contributed by atoms with Crippen LogP contribution in [-0.2, 0) is 9.57 Å². The minimum atomic E-state index is -1.79. The number of nitrogens with zero attached hydrogens (tertiary/aromatic N) is 3. The summed E-state index contributed by atoms with van der Waals surface area (Å²) in [6, 6.07) is 0. The average molecular weight is 343 g/mol. The second-order valence-corrected chi connectivity index (χ2v) is 5.70. The van der Waals surface area contributed by atoms with Gasteiger partial charge in [-0.2, -0.15) is 9.97 Å². The van der Waals surface area contributed by atoms with Gasteiger partial charge in [0, 0.05) is 6.20 Å². The first-order chi connectivity index (χ1) is 11.3. The molecular formula is C13H18FN5O5. The lowest BCUT2D eigenvalue weighted by molar-refractivity contribution is -0.0949. The third kappa shape index (κ3) is 2.37. The number of nitrogen functional groups attached to an aromatic ring is 1. The van der Waals surface area contributed by atoms with E-state index in [4.69, 9.17) is 15.3 Å². The summed E-state index contributed by atoms with van der Waals surface area (Å²) in [5.41, 5.74) is 6.29. The summed E-state index contributed by atoms with van der Waals surface area (Å²) in [4.78, 5) is 12.6. The molecule has 132 valence electrons. The van der Waals surface area contributed by atoms with E-state index < -0.39 is 36.5 Å². The van der Waals surface area contributed by atoms with Gasteiger partial charge in [-0.15, -0.1) is 0 Å². The van der Waals surface area contributed by atoms with Crippen LogP contribution in [0.5, 0.6) is 0 Å². The third-order valence-corrected chi connectivity index (χ3v) is 4.03. The topological polar surface area (TPSA) is 148 Å². The summed E-state index contributed by atoms with van der Waals surface area (Å²) in [6.07, 6.45) is -2.54. The van der Waals surface area contributed by atoms with Gasteiger partial charge in [0.1, 0.15) is 17.8 Å². The van der Waals surface area contributed by atoms with E-state index in [0.29, 0.717) is 0 Å². The number of nitrogens with one attached hydrogen (secondary N) is 1. The Hall–Kier alpha value is -2.05. The fraction of sp³-hybridized carbons (Fsp3) is 0.538. The lowest BCUT2D eigenvalue weighted by Gasteiger charge is -2.27. The van der Waals surface area contributed by atoms with Crippen molar-refractivity contribution in [1.29, 1.82) is 0 Å². The number of aromatic nitrogens is 3. The van der Waals surface area contributed by atoms with Crippen molar-refractivity contribution in [3.8, 4) is 0 Å². The molecule has 1 fully saturated rings. The van der Waals surface area contributed by atoms with Crippen molar-refractivity contribution in [3.63, 3.8) is 0 Å². The highest BCUT2D eigenvalue weighted by atomic mass is 19.1. The van der Waals surface area contributed by atoms with Crippen LogP contribution in [0.2, 0.25) is 0 Å². The van der Waals surface area contributed by atoms with Gasteiger partial charge >= 0.3 is 0 Å². The molecule has 3 rings (SSSR count). The maximum atomic E-state index is 14.4. The largest absolute Gasteiger partial charge is 0.394 e. The van der Waals surface area contributed by atoms with Gasteiger partial charge in [0.15, 0.2) is 23.5 Å². The van der Waals surface area contributed by atoms with E-state index in [-0.39, 0.29) is 22.8 Å². The number of hydrogen-bond donors (Lipinski definition) is 5. The highest BCUT2D eigenvalue weighted by Gasteiger charge is 2.53. The highest BCUT2D eigenvalue weighted by molar-refractivity contribution is 5.89. The predicted molar refractivity (Wildman–Crippen MR) is 80.2 cm³/mol. The molecule has 0 aliphatic carbocycles. The predicted octanol–water partition coefficient (Wildman–Crippen LogP) is -0.873. The van der Waals surface area contributed by atoms with E-state index in [0.717, 1.165) is 6.20 Å². The summed E-state index contributed by atoms with van der Waals surface area (Å²) < 4.78 is 21.1. The van der Waals surface area contributed by atoms with Gasteiger partial charge in [-0.25, -0.2) is 9.87 Å². The van der Waals surface area contributed by atoms with Gasteiger partial charge < -0.3 is 25.8 Å². The molecule has 3 heterocycles. The Morgan fingerprint density at radius 1 is 1.54 bits per heavy atom. The molecule has 2 aromatic heterocycles. The Morgan fingerprint density at radius 3 is 2.83 bits per heavy atom. The fourth-order valence-corrected chi connectivity index (χ4v) is 2.86. The number of ether oxygens (including phenoxy) is 1. The van der Waals surface area contributed by atoms with Crippen LogP contribution in [0.25, 0.3) is 11.0 Å². The molecule has 6 N–H and O–H groups in total. The average Bonchev–Trinajstić information content (AvgIpc) is 2.95. The van der Waals surface area contributed by atoms with E-state index in [2.05, 4.69) is 15.4 Å². The monoisotopic (exact) mass is 343 g/mol. The zero-order chi connectivity index (χ0) is 17.6. The van der Waals surface area contributed by atoms with Crippen molar-refractivity contribution >= 4 is 22.8 Å². The molecule has 10 nitrogen and oxygen atoms in total. The first-order valence-electron chi connectivity index (χ1n) is 7.10. The third-order valence-electron chi connectivity index (χ3n) is 4.03. The molecule has 0 radical (unpaired) electrons. The van der Waals surface area contributed by atoms with E-state index >= 15 is 0 Å². The molecule has 0 aromatic carbocycles. The van der Waals surface area contributed by atoms with Crippen LogP contribution in [0.1, 0.15) is 13.2 Å². The number of hydrogen-bond acceptors (Lipinski definition) is 9. The smallest absolute Gasteiger partial charge is 0.224 e. The molecule has 4 atom stereocenters. The number of halogens is 1. The van der Waals surface area contributed by atoms with Crippen molar-refractivity contribution in [3.05, 3.63) is 12.0 Å². The van der Waals surface area contributed by atoms with Crippen LogP contribution in [0, 0.1) is 5.82 Å².